The van der Waals surface area contributed by atoms with Crippen LogP contribution in [0.1, 0.15) is 39.2 Å². The maximum Gasteiger partial charge on any atom is 0.0470 e. The van der Waals surface area contributed by atoms with E-state index in [-0.39, 0.29) is 0 Å². The van der Waals surface area contributed by atoms with Gasteiger partial charge in [-0.15, -0.1) is 0 Å². The van der Waals surface area contributed by atoms with Crippen molar-refractivity contribution in [2.45, 2.75) is 40.0 Å². The maximum atomic E-state index is 2.42. The smallest absolute Gasteiger partial charge is 0.0470 e. The fourth-order valence-corrected chi connectivity index (χ4v) is 2.78. The Morgan fingerprint density at radius 1 is 1.12 bits per heavy atom. The molecule has 0 aliphatic carbocycles. The molecule has 0 atom stereocenters. The Hall–Kier alpha value is -0.630. The van der Waals surface area contributed by atoms with Crippen LogP contribution < -0.4 is 4.31 Å². The van der Waals surface area contributed by atoms with Crippen molar-refractivity contribution in [1.82, 2.24) is 0 Å². The third kappa shape index (κ3) is 3.75. The van der Waals surface area contributed by atoms with Crippen LogP contribution in [0.4, 0.5) is 5.69 Å². The minimum Gasteiger partial charge on any atom is -0.316 e. The van der Waals surface area contributed by atoms with E-state index in [0.717, 1.165) is 6.42 Å². The van der Waals surface area contributed by atoms with E-state index in [1.165, 1.54) is 36.4 Å². The molecule has 16 heavy (non-hydrogen) atoms. The second-order valence-electron chi connectivity index (χ2n) is 3.66. The first kappa shape index (κ1) is 13.4. The fraction of sp³-hybridized carbons (Fsp3) is 0.571. The van der Waals surface area contributed by atoms with Gasteiger partial charge in [-0.1, -0.05) is 32.9 Å². The summed E-state index contributed by atoms with van der Waals surface area (Å²) in [6.07, 6.45) is 3.84. The van der Waals surface area contributed by atoms with Crippen molar-refractivity contribution in [1.29, 1.82) is 0 Å². The quantitative estimate of drug-likeness (QED) is 0.696. The molecule has 0 unspecified atom stereocenters. The lowest BCUT2D eigenvalue weighted by atomic mass is 10.1. The van der Waals surface area contributed by atoms with Gasteiger partial charge < -0.3 is 4.31 Å². The van der Waals surface area contributed by atoms with Crippen molar-refractivity contribution in [3.05, 3.63) is 29.8 Å². The van der Waals surface area contributed by atoms with E-state index in [2.05, 4.69) is 35.5 Å². The molecular formula is C14H23NS. The molecule has 1 aromatic rings. The van der Waals surface area contributed by atoms with Crippen molar-refractivity contribution in [3.8, 4) is 0 Å². The summed E-state index contributed by atoms with van der Waals surface area (Å²) in [5.41, 5.74) is 2.79. The van der Waals surface area contributed by atoms with E-state index in [1.807, 2.05) is 25.8 Å². The Balaban J connectivity index is 0.000000606. The summed E-state index contributed by atoms with van der Waals surface area (Å²) >= 11 is 1.96. The van der Waals surface area contributed by atoms with Crippen molar-refractivity contribution in [2.24, 2.45) is 0 Å². The van der Waals surface area contributed by atoms with Gasteiger partial charge in [-0.3, -0.25) is 0 Å². The average Bonchev–Trinajstić information content (AvgIpc) is 2.42. The van der Waals surface area contributed by atoms with Gasteiger partial charge in [0.05, 0.1) is 0 Å². The molecule has 0 spiro atoms. The highest BCUT2D eigenvalue weighted by atomic mass is 32.2. The highest BCUT2D eigenvalue weighted by Gasteiger charge is 2.10. The van der Waals surface area contributed by atoms with Gasteiger partial charge in [-0.25, -0.2) is 0 Å². The molecule has 1 nitrogen and oxygen atoms in total. The molecule has 2 rings (SSSR count). The molecule has 2 heteroatoms. The number of anilines is 1. The zero-order valence-electron chi connectivity index (χ0n) is 10.7. The summed E-state index contributed by atoms with van der Waals surface area (Å²) in [4.78, 5) is 0. The molecule has 0 amide bonds. The first-order valence-electron chi connectivity index (χ1n) is 6.39. The summed E-state index contributed by atoms with van der Waals surface area (Å²) in [5, 5.41) is 0. The van der Waals surface area contributed by atoms with E-state index in [4.69, 9.17) is 0 Å². The fourth-order valence-electron chi connectivity index (χ4n) is 1.70. The van der Waals surface area contributed by atoms with Gasteiger partial charge in [0.15, 0.2) is 0 Å². The van der Waals surface area contributed by atoms with Crippen LogP contribution in [0, 0.1) is 0 Å². The molecule has 1 aliphatic rings. The Bertz CT molecular complexity index is 275. The minimum atomic E-state index is 1.13. The molecule has 1 saturated heterocycles. The first-order valence-corrected chi connectivity index (χ1v) is 7.34. The standard InChI is InChI=1S/C12H17NS.C2H6/c1-2-11-5-7-12(8-6-11)13-9-3-4-10-14-13;1-2/h5-8H,2-4,9-10H2,1H3;1-2H3. The van der Waals surface area contributed by atoms with Crippen LogP contribution in [-0.4, -0.2) is 12.3 Å². The van der Waals surface area contributed by atoms with Crippen LogP contribution in [0.25, 0.3) is 0 Å². The van der Waals surface area contributed by atoms with Gasteiger partial charge in [0.2, 0.25) is 0 Å². The highest BCUT2D eigenvalue weighted by molar-refractivity contribution is 8.00. The van der Waals surface area contributed by atoms with Crippen molar-refractivity contribution in [2.75, 3.05) is 16.6 Å². The maximum absolute atomic E-state index is 2.42. The van der Waals surface area contributed by atoms with Crippen LogP contribution in [0.2, 0.25) is 0 Å². The van der Waals surface area contributed by atoms with Gasteiger partial charge in [-0.05, 0) is 48.9 Å². The Morgan fingerprint density at radius 3 is 2.31 bits per heavy atom. The third-order valence-corrected chi connectivity index (χ3v) is 3.81. The van der Waals surface area contributed by atoms with Gasteiger partial charge in [0.25, 0.3) is 0 Å². The molecule has 1 aromatic carbocycles. The lowest BCUT2D eigenvalue weighted by Crippen LogP contribution is -2.20. The molecular weight excluding hydrogens is 214 g/mol. The van der Waals surface area contributed by atoms with Gasteiger partial charge in [0, 0.05) is 18.0 Å². The number of benzene rings is 1. The van der Waals surface area contributed by atoms with Crippen molar-refractivity contribution < 1.29 is 0 Å². The summed E-state index contributed by atoms with van der Waals surface area (Å²) in [6, 6.07) is 8.98. The zero-order chi connectivity index (χ0) is 11.8. The van der Waals surface area contributed by atoms with Crippen LogP contribution >= 0.6 is 11.9 Å². The van der Waals surface area contributed by atoms with E-state index in [0.29, 0.717) is 0 Å². The molecule has 0 saturated carbocycles. The second kappa shape index (κ2) is 7.61. The Morgan fingerprint density at radius 2 is 1.81 bits per heavy atom. The molecule has 0 N–H and O–H groups in total. The second-order valence-corrected chi connectivity index (χ2v) is 4.77. The number of nitrogens with zero attached hydrogens (tertiary/aromatic N) is 1. The van der Waals surface area contributed by atoms with Crippen molar-refractivity contribution in [3.63, 3.8) is 0 Å². The zero-order valence-corrected chi connectivity index (χ0v) is 11.5. The normalized spacial score (nSPS) is 15.3. The predicted octanol–water partition coefficient (Wildman–Crippen LogP) is 4.52. The Labute approximate surface area is 104 Å². The molecule has 1 aliphatic heterocycles. The summed E-state index contributed by atoms with van der Waals surface area (Å²) in [7, 11) is 0. The van der Waals surface area contributed by atoms with Crippen LogP contribution in [-0.2, 0) is 6.42 Å². The largest absolute Gasteiger partial charge is 0.316 e. The lowest BCUT2D eigenvalue weighted by Gasteiger charge is -2.27. The van der Waals surface area contributed by atoms with Gasteiger partial charge in [0.1, 0.15) is 0 Å². The monoisotopic (exact) mass is 237 g/mol. The lowest BCUT2D eigenvalue weighted by molar-refractivity contribution is 0.791. The molecule has 0 bridgehead atoms. The average molecular weight is 237 g/mol. The van der Waals surface area contributed by atoms with Crippen LogP contribution in [0.5, 0.6) is 0 Å². The van der Waals surface area contributed by atoms with Crippen LogP contribution in [0.15, 0.2) is 24.3 Å². The minimum absolute atomic E-state index is 1.13. The van der Waals surface area contributed by atoms with Crippen molar-refractivity contribution >= 4 is 17.6 Å². The van der Waals surface area contributed by atoms with E-state index in [1.54, 1.807) is 0 Å². The van der Waals surface area contributed by atoms with Gasteiger partial charge in [-0.2, -0.15) is 0 Å². The number of aryl methyl sites for hydroxylation is 1. The molecule has 0 radical (unpaired) electrons. The first-order chi connectivity index (χ1) is 7.90. The third-order valence-electron chi connectivity index (χ3n) is 2.64. The molecule has 1 fully saturated rings. The van der Waals surface area contributed by atoms with Crippen LogP contribution in [0.3, 0.4) is 0 Å². The molecule has 0 aromatic heterocycles. The number of hydrogen-bond donors (Lipinski definition) is 0. The number of rotatable bonds is 2. The highest BCUT2D eigenvalue weighted by Crippen LogP contribution is 2.27. The van der Waals surface area contributed by atoms with E-state index in [9.17, 15) is 0 Å². The summed E-state index contributed by atoms with van der Waals surface area (Å²) < 4.78 is 2.42. The molecule has 90 valence electrons. The topological polar surface area (TPSA) is 3.24 Å². The van der Waals surface area contributed by atoms with E-state index >= 15 is 0 Å². The number of hydrogen-bond acceptors (Lipinski definition) is 2. The SMILES string of the molecule is CC.CCc1ccc(N2CCCCS2)cc1. The predicted molar refractivity (Wildman–Crippen MR) is 76.2 cm³/mol. The Kier molecular flexibility index (Phi) is 6.39. The van der Waals surface area contributed by atoms with E-state index < -0.39 is 0 Å². The summed E-state index contributed by atoms with van der Waals surface area (Å²) in [5.74, 6) is 1.27. The van der Waals surface area contributed by atoms with Gasteiger partial charge >= 0.3 is 0 Å². The molecule has 1 heterocycles. The summed E-state index contributed by atoms with van der Waals surface area (Å²) in [6.45, 7) is 7.40.